The number of amides is 2. The van der Waals surface area contributed by atoms with E-state index < -0.39 is 22.1 Å². The van der Waals surface area contributed by atoms with E-state index in [1.165, 1.54) is 11.0 Å². The molecule has 3 aromatic rings. The van der Waals surface area contributed by atoms with Gasteiger partial charge in [0.2, 0.25) is 21.8 Å². The zero-order chi connectivity index (χ0) is 27.6. The number of carbonyl (C=O) groups excluding carboxylic acids is 2. The van der Waals surface area contributed by atoms with Crippen LogP contribution in [-0.4, -0.2) is 72.8 Å². The minimum Gasteiger partial charge on any atom is -0.339 e. The van der Waals surface area contributed by atoms with E-state index in [0.717, 1.165) is 29.2 Å². The Morgan fingerprint density at radius 1 is 1.08 bits per heavy atom. The van der Waals surface area contributed by atoms with E-state index in [2.05, 4.69) is 15.0 Å². The highest BCUT2D eigenvalue weighted by Crippen LogP contribution is 2.24. The molecule has 11 heteroatoms. The van der Waals surface area contributed by atoms with Gasteiger partial charge in [-0.15, -0.1) is 0 Å². The maximum absolute atomic E-state index is 13.4. The fourth-order valence-corrected chi connectivity index (χ4v) is 6.76. The molecule has 2 saturated heterocycles. The lowest BCUT2D eigenvalue weighted by Crippen LogP contribution is -2.54. The van der Waals surface area contributed by atoms with Gasteiger partial charge in [0, 0.05) is 49.6 Å². The molecule has 3 heterocycles. The number of sulfonamides is 1. The van der Waals surface area contributed by atoms with Crippen LogP contribution in [0.5, 0.6) is 0 Å². The molecule has 0 radical (unpaired) electrons. The number of hydrogen-bond donors (Lipinski definition) is 2. The summed E-state index contributed by atoms with van der Waals surface area (Å²) in [5, 5.41) is 5.64. The van der Waals surface area contributed by atoms with Crippen molar-refractivity contribution in [2.45, 2.75) is 55.8 Å². The predicted molar refractivity (Wildman–Crippen MR) is 150 cm³/mol. The SMILES string of the molecule is C[C@@H](C(=O)N1CCCC(NCc2ccncc2)C1)N1CCC(NS(=O)(=O)c2ccc3cc(Cl)ccc3c2)C1=O. The third-order valence-electron chi connectivity index (χ3n) is 7.52. The number of hydrogen-bond acceptors (Lipinski definition) is 6. The Morgan fingerprint density at radius 3 is 2.62 bits per heavy atom. The molecular formula is C28H32ClN5O4S. The van der Waals surface area contributed by atoms with Gasteiger partial charge in [-0.25, -0.2) is 8.42 Å². The van der Waals surface area contributed by atoms with Crippen molar-refractivity contribution in [1.29, 1.82) is 0 Å². The van der Waals surface area contributed by atoms with E-state index in [1.807, 2.05) is 17.0 Å². The lowest BCUT2D eigenvalue weighted by atomic mass is 10.0. The number of piperidine rings is 1. The Kier molecular flexibility index (Phi) is 8.18. The molecule has 0 saturated carbocycles. The number of carbonyl (C=O) groups is 2. The van der Waals surface area contributed by atoms with Crippen molar-refractivity contribution in [3.63, 3.8) is 0 Å². The van der Waals surface area contributed by atoms with E-state index in [4.69, 9.17) is 11.6 Å². The Labute approximate surface area is 233 Å². The van der Waals surface area contributed by atoms with Gasteiger partial charge in [0.15, 0.2) is 0 Å². The molecular weight excluding hydrogens is 538 g/mol. The smallest absolute Gasteiger partial charge is 0.245 e. The Hall–Kier alpha value is -3.05. The van der Waals surface area contributed by atoms with Crippen molar-refractivity contribution in [1.82, 2.24) is 24.8 Å². The van der Waals surface area contributed by atoms with Gasteiger partial charge in [0.25, 0.3) is 0 Å². The standard InChI is InChI=1S/C28H32ClN5O4S/c1-19(27(35)33-13-2-3-24(18-33)31-17-20-8-11-30-12-9-20)34-14-10-26(28(34)36)32-39(37,38)25-7-5-21-15-23(29)6-4-22(21)16-25/h4-9,11-12,15-16,19,24,26,31-32H,2-3,10,13-14,17-18H2,1H3/t19-,24?,26?/m0/s1. The van der Waals surface area contributed by atoms with E-state index in [9.17, 15) is 18.0 Å². The lowest BCUT2D eigenvalue weighted by Gasteiger charge is -2.36. The number of halogens is 1. The number of aromatic nitrogens is 1. The summed E-state index contributed by atoms with van der Waals surface area (Å²) >= 11 is 6.03. The van der Waals surface area contributed by atoms with Crippen LogP contribution in [0.2, 0.25) is 5.02 Å². The van der Waals surface area contributed by atoms with Crippen molar-refractivity contribution in [3.05, 3.63) is 71.5 Å². The molecule has 2 N–H and O–H groups in total. The number of benzene rings is 2. The molecule has 2 unspecified atom stereocenters. The number of nitrogens with zero attached hydrogens (tertiary/aromatic N) is 3. The Balaban J connectivity index is 1.19. The summed E-state index contributed by atoms with van der Waals surface area (Å²) < 4.78 is 28.8. The van der Waals surface area contributed by atoms with Crippen LogP contribution in [0.25, 0.3) is 10.8 Å². The van der Waals surface area contributed by atoms with Gasteiger partial charge in [0.1, 0.15) is 12.1 Å². The van der Waals surface area contributed by atoms with Gasteiger partial charge in [-0.3, -0.25) is 14.6 Å². The fraction of sp³-hybridized carbons (Fsp3) is 0.393. The molecule has 39 heavy (non-hydrogen) atoms. The summed E-state index contributed by atoms with van der Waals surface area (Å²) in [4.78, 5) is 34.0. The number of rotatable bonds is 8. The van der Waals surface area contributed by atoms with Gasteiger partial charge in [-0.1, -0.05) is 23.7 Å². The van der Waals surface area contributed by atoms with Crippen molar-refractivity contribution in [3.8, 4) is 0 Å². The normalized spacial score (nSPS) is 20.9. The molecule has 1 aromatic heterocycles. The van der Waals surface area contributed by atoms with Crippen molar-refractivity contribution in [2.75, 3.05) is 19.6 Å². The first-order valence-corrected chi connectivity index (χ1v) is 15.0. The molecule has 2 aliphatic heterocycles. The van der Waals surface area contributed by atoms with Gasteiger partial charge in [0.05, 0.1) is 4.90 Å². The van der Waals surface area contributed by atoms with Crippen LogP contribution in [-0.2, 0) is 26.2 Å². The summed E-state index contributed by atoms with van der Waals surface area (Å²) in [7, 11) is -3.94. The Morgan fingerprint density at radius 2 is 1.82 bits per heavy atom. The molecule has 2 aliphatic rings. The lowest BCUT2D eigenvalue weighted by molar-refractivity contribution is -0.144. The molecule has 0 bridgehead atoms. The first kappa shape index (κ1) is 27.5. The van der Waals surface area contributed by atoms with Crippen molar-refractivity contribution >= 4 is 44.2 Å². The molecule has 5 rings (SSSR count). The molecule has 2 aromatic carbocycles. The Bertz CT molecular complexity index is 1470. The molecule has 9 nitrogen and oxygen atoms in total. The van der Waals surface area contributed by atoms with E-state index in [1.54, 1.807) is 49.6 Å². The van der Waals surface area contributed by atoms with E-state index in [-0.39, 0.29) is 22.8 Å². The molecule has 206 valence electrons. The first-order chi connectivity index (χ1) is 18.7. The average Bonchev–Trinajstić information content (AvgIpc) is 3.30. The van der Waals surface area contributed by atoms with Gasteiger partial charge < -0.3 is 15.1 Å². The largest absolute Gasteiger partial charge is 0.339 e. The van der Waals surface area contributed by atoms with Gasteiger partial charge in [-0.05, 0) is 78.9 Å². The molecule has 2 amide bonds. The summed E-state index contributed by atoms with van der Waals surface area (Å²) in [6, 6.07) is 12.5. The predicted octanol–water partition coefficient (Wildman–Crippen LogP) is 2.94. The zero-order valence-electron chi connectivity index (χ0n) is 21.7. The highest BCUT2D eigenvalue weighted by Gasteiger charge is 2.40. The molecule has 3 atom stereocenters. The summed E-state index contributed by atoms with van der Waals surface area (Å²) in [6.45, 7) is 3.94. The maximum Gasteiger partial charge on any atom is 0.245 e. The average molecular weight is 570 g/mol. The molecule has 2 fully saturated rings. The number of likely N-dealkylation sites (tertiary alicyclic amines) is 2. The highest BCUT2D eigenvalue weighted by molar-refractivity contribution is 7.89. The van der Waals surface area contributed by atoms with Gasteiger partial charge in [-0.2, -0.15) is 4.72 Å². The van der Waals surface area contributed by atoms with E-state index >= 15 is 0 Å². The van der Waals surface area contributed by atoms with Crippen LogP contribution in [0.3, 0.4) is 0 Å². The quantitative estimate of drug-likeness (QED) is 0.431. The van der Waals surface area contributed by atoms with Crippen LogP contribution >= 0.6 is 11.6 Å². The molecule has 0 spiro atoms. The zero-order valence-corrected chi connectivity index (χ0v) is 23.3. The van der Waals surface area contributed by atoms with Gasteiger partial charge >= 0.3 is 0 Å². The van der Waals surface area contributed by atoms with Crippen LogP contribution in [0, 0.1) is 0 Å². The number of pyridine rings is 1. The first-order valence-electron chi connectivity index (χ1n) is 13.1. The number of nitrogens with one attached hydrogen (secondary N) is 2. The topological polar surface area (TPSA) is 112 Å². The van der Waals surface area contributed by atoms with Crippen LogP contribution in [0.1, 0.15) is 31.7 Å². The third kappa shape index (κ3) is 6.24. The van der Waals surface area contributed by atoms with Crippen LogP contribution in [0.15, 0.2) is 65.8 Å². The van der Waals surface area contributed by atoms with Crippen LogP contribution in [0.4, 0.5) is 0 Å². The maximum atomic E-state index is 13.4. The minimum atomic E-state index is -3.94. The minimum absolute atomic E-state index is 0.0753. The second kappa shape index (κ2) is 11.6. The number of fused-ring (bicyclic) bond motifs is 1. The second-order valence-corrected chi connectivity index (χ2v) is 12.3. The fourth-order valence-electron chi connectivity index (χ4n) is 5.32. The molecule has 0 aliphatic carbocycles. The summed E-state index contributed by atoms with van der Waals surface area (Å²) in [6.07, 6.45) is 5.66. The summed E-state index contributed by atoms with van der Waals surface area (Å²) in [5.74, 6) is -0.494. The van der Waals surface area contributed by atoms with E-state index in [0.29, 0.717) is 37.6 Å². The highest BCUT2D eigenvalue weighted by atomic mass is 35.5. The van der Waals surface area contributed by atoms with Crippen molar-refractivity contribution in [2.24, 2.45) is 0 Å². The third-order valence-corrected chi connectivity index (χ3v) is 9.23. The second-order valence-electron chi connectivity index (χ2n) is 10.2. The summed E-state index contributed by atoms with van der Waals surface area (Å²) in [5.41, 5.74) is 1.13. The van der Waals surface area contributed by atoms with Crippen LogP contribution < -0.4 is 10.0 Å². The monoisotopic (exact) mass is 569 g/mol. The van der Waals surface area contributed by atoms with Crippen molar-refractivity contribution < 1.29 is 18.0 Å².